The average molecular weight is 496 g/mol. The van der Waals surface area contributed by atoms with Gasteiger partial charge in [0.1, 0.15) is 16.4 Å². The number of aliphatic hydroxyl groups excluding tert-OH is 1. The fourth-order valence-corrected chi connectivity index (χ4v) is 4.87. The lowest BCUT2D eigenvalue weighted by Crippen LogP contribution is -2.37. The van der Waals surface area contributed by atoms with E-state index in [-0.39, 0.29) is 17.8 Å². The van der Waals surface area contributed by atoms with Crippen molar-refractivity contribution in [3.8, 4) is 11.1 Å². The Labute approximate surface area is 209 Å². The molecule has 186 valence electrons. The number of aromatic amines is 1. The first kappa shape index (κ1) is 25.3. The van der Waals surface area contributed by atoms with Crippen LogP contribution in [-0.4, -0.2) is 44.8 Å². The number of ether oxygens (including phenoxy) is 1. The molecule has 35 heavy (non-hydrogen) atoms. The molecule has 1 unspecified atom stereocenters. The van der Waals surface area contributed by atoms with E-state index in [9.17, 15) is 9.90 Å². The van der Waals surface area contributed by atoms with Gasteiger partial charge in [0.05, 0.1) is 43.1 Å². The van der Waals surface area contributed by atoms with Gasteiger partial charge in [-0.15, -0.1) is 11.3 Å². The molecule has 7 nitrogen and oxygen atoms in total. The van der Waals surface area contributed by atoms with Crippen molar-refractivity contribution in [3.05, 3.63) is 75.0 Å². The monoisotopic (exact) mass is 495 g/mol. The van der Waals surface area contributed by atoms with Crippen LogP contribution in [0.4, 0.5) is 0 Å². The van der Waals surface area contributed by atoms with Crippen molar-refractivity contribution in [3.63, 3.8) is 0 Å². The Morgan fingerprint density at radius 2 is 2.00 bits per heavy atom. The lowest BCUT2D eigenvalue weighted by Gasteiger charge is -2.26. The van der Waals surface area contributed by atoms with E-state index in [0.29, 0.717) is 35.7 Å². The van der Waals surface area contributed by atoms with Gasteiger partial charge in [0.15, 0.2) is 0 Å². The highest BCUT2D eigenvalue weighted by molar-refractivity contribution is 7.17. The summed E-state index contributed by atoms with van der Waals surface area (Å²) in [5, 5.41) is 13.2. The number of nitrogens with one attached hydrogen (secondary N) is 1. The molecule has 3 aromatic heterocycles. The van der Waals surface area contributed by atoms with E-state index in [1.807, 2.05) is 49.3 Å². The molecule has 0 saturated heterocycles. The molecule has 3 heterocycles. The van der Waals surface area contributed by atoms with Crippen LogP contribution in [0.3, 0.4) is 0 Å². The molecule has 0 aliphatic heterocycles. The van der Waals surface area contributed by atoms with Crippen molar-refractivity contribution in [2.75, 3.05) is 13.2 Å². The van der Waals surface area contributed by atoms with Crippen LogP contribution in [0.2, 0.25) is 0 Å². The molecule has 0 radical (unpaired) electrons. The van der Waals surface area contributed by atoms with Gasteiger partial charge < -0.3 is 19.2 Å². The van der Waals surface area contributed by atoms with Crippen molar-refractivity contribution in [2.24, 2.45) is 0 Å². The second-order valence-electron chi connectivity index (χ2n) is 9.97. The van der Waals surface area contributed by atoms with Gasteiger partial charge in [-0.1, -0.05) is 18.2 Å². The lowest BCUT2D eigenvalue weighted by molar-refractivity contribution is -0.0577. The fraction of sp³-hybridized carbons (Fsp3) is 0.407. The molecule has 4 aromatic rings. The maximum atomic E-state index is 13.1. The van der Waals surface area contributed by atoms with E-state index in [2.05, 4.69) is 31.0 Å². The summed E-state index contributed by atoms with van der Waals surface area (Å²) in [6.07, 6.45) is 0.927. The SMILES string of the molecule is Cc1ccc(-c2csc3nc(CN(Cc4ccco4)CC(O)COC(C)(C)C)[nH]c(=O)c23)cc1C. The number of benzene rings is 1. The lowest BCUT2D eigenvalue weighted by atomic mass is 10.0. The number of fused-ring (bicyclic) bond motifs is 1. The normalized spacial score (nSPS) is 13.1. The number of aliphatic hydroxyl groups is 1. The summed E-state index contributed by atoms with van der Waals surface area (Å²) >= 11 is 1.47. The second-order valence-corrected chi connectivity index (χ2v) is 10.8. The van der Waals surface area contributed by atoms with Gasteiger partial charge in [0.25, 0.3) is 5.56 Å². The summed E-state index contributed by atoms with van der Waals surface area (Å²) < 4.78 is 11.3. The maximum Gasteiger partial charge on any atom is 0.260 e. The van der Waals surface area contributed by atoms with E-state index >= 15 is 0 Å². The van der Waals surface area contributed by atoms with E-state index in [1.165, 1.54) is 22.5 Å². The largest absolute Gasteiger partial charge is 0.468 e. The minimum absolute atomic E-state index is 0.158. The van der Waals surface area contributed by atoms with Crippen LogP contribution >= 0.6 is 11.3 Å². The summed E-state index contributed by atoms with van der Waals surface area (Å²) in [5.41, 5.74) is 3.82. The van der Waals surface area contributed by atoms with Gasteiger partial charge >= 0.3 is 0 Å². The number of hydrogen-bond acceptors (Lipinski definition) is 7. The quantitative estimate of drug-likeness (QED) is 0.338. The van der Waals surface area contributed by atoms with E-state index < -0.39 is 6.10 Å². The van der Waals surface area contributed by atoms with Crippen molar-refractivity contribution in [1.29, 1.82) is 0 Å². The van der Waals surface area contributed by atoms with Crippen molar-refractivity contribution >= 4 is 21.6 Å². The van der Waals surface area contributed by atoms with Gasteiger partial charge in [0.2, 0.25) is 0 Å². The predicted octanol–water partition coefficient (Wildman–Crippen LogP) is 5.04. The van der Waals surface area contributed by atoms with Crippen molar-refractivity contribution in [2.45, 2.75) is 59.4 Å². The Bertz CT molecular complexity index is 1330. The van der Waals surface area contributed by atoms with Gasteiger partial charge in [-0.05, 0) is 63.4 Å². The number of aryl methyl sites for hydroxylation is 2. The van der Waals surface area contributed by atoms with Crippen LogP contribution in [0.1, 0.15) is 43.5 Å². The molecule has 8 heteroatoms. The number of rotatable bonds is 9. The first-order chi connectivity index (χ1) is 16.6. The predicted molar refractivity (Wildman–Crippen MR) is 140 cm³/mol. The van der Waals surface area contributed by atoms with Gasteiger partial charge in [0, 0.05) is 17.5 Å². The van der Waals surface area contributed by atoms with Gasteiger partial charge in [-0.25, -0.2) is 4.98 Å². The molecule has 4 rings (SSSR count). The Kier molecular flexibility index (Phi) is 7.56. The summed E-state index contributed by atoms with van der Waals surface area (Å²) in [5.74, 6) is 1.32. The number of thiophene rings is 1. The fourth-order valence-electron chi connectivity index (χ4n) is 3.91. The molecule has 0 bridgehead atoms. The molecule has 1 aromatic carbocycles. The number of nitrogens with zero attached hydrogens (tertiary/aromatic N) is 2. The third-order valence-corrected chi connectivity index (χ3v) is 6.69. The van der Waals surface area contributed by atoms with Crippen LogP contribution in [0.25, 0.3) is 21.3 Å². The molecule has 0 aliphatic rings. The van der Waals surface area contributed by atoms with Gasteiger partial charge in [-0.3, -0.25) is 9.69 Å². The molecule has 0 amide bonds. The average Bonchev–Trinajstić information content (AvgIpc) is 3.44. The standard InChI is InChI=1S/C27H33N3O4S/c1-17-8-9-19(11-18(17)2)22-16-35-26-24(22)25(32)28-23(29-26)14-30(13-21-7-6-10-33-21)12-20(31)15-34-27(3,4)5/h6-11,16,20,31H,12-15H2,1-5H3,(H,28,29,32). The molecular weight excluding hydrogens is 462 g/mol. The van der Waals surface area contributed by atoms with Crippen LogP contribution in [0.5, 0.6) is 0 Å². The Hall–Kier alpha value is -2.78. The topological polar surface area (TPSA) is 91.6 Å². The summed E-state index contributed by atoms with van der Waals surface area (Å²) in [4.78, 5) is 23.6. The number of furan rings is 1. The molecule has 0 fully saturated rings. The smallest absolute Gasteiger partial charge is 0.260 e. The Morgan fingerprint density at radius 3 is 2.69 bits per heavy atom. The van der Waals surface area contributed by atoms with Crippen LogP contribution in [0, 0.1) is 13.8 Å². The van der Waals surface area contributed by atoms with Crippen LogP contribution < -0.4 is 5.56 Å². The first-order valence-corrected chi connectivity index (χ1v) is 12.6. The summed E-state index contributed by atoms with van der Waals surface area (Å²) in [6, 6.07) is 9.95. The van der Waals surface area contributed by atoms with Crippen molar-refractivity contribution < 1.29 is 14.3 Å². The highest BCUT2D eigenvalue weighted by Gasteiger charge is 2.20. The van der Waals surface area contributed by atoms with Crippen LogP contribution in [-0.2, 0) is 17.8 Å². The van der Waals surface area contributed by atoms with E-state index in [0.717, 1.165) is 16.9 Å². The molecule has 0 spiro atoms. The zero-order chi connectivity index (χ0) is 25.2. The Balaban J connectivity index is 1.58. The van der Waals surface area contributed by atoms with Gasteiger partial charge in [-0.2, -0.15) is 0 Å². The number of hydrogen-bond donors (Lipinski definition) is 2. The highest BCUT2D eigenvalue weighted by Crippen LogP contribution is 2.31. The zero-order valence-corrected chi connectivity index (χ0v) is 21.7. The van der Waals surface area contributed by atoms with E-state index in [1.54, 1.807) is 6.26 Å². The molecule has 2 N–H and O–H groups in total. The summed E-state index contributed by atoms with van der Waals surface area (Å²) in [6.45, 7) is 11.4. The second kappa shape index (κ2) is 10.5. The molecule has 0 aliphatic carbocycles. The summed E-state index contributed by atoms with van der Waals surface area (Å²) in [7, 11) is 0. The number of H-pyrrole nitrogens is 1. The Morgan fingerprint density at radius 1 is 1.20 bits per heavy atom. The maximum absolute atomic E-state index is 13.1. The molecule has 0 saturated carbocycles. The number of aromatic nitrogens is 2. The molecular formula is C27H33N3O4S. The highest BCUT2D eigenvalue weighted by atomic mass is 32.1. The minimum atomic E-state index is -0.697. The van der Waals surface area contributed by atoms with E-state index in [4.69, 9.17) is 14.1 Å². The third-order valence-electron chi connectivity index (χ3n) is 5.82. The van der Waals surface area contributed by atoms with Crippen LogP contribution in [0.15, 0.2) is 51.2 Å². The van der Waals surface area contributed by atoms with Crippen molar-refractivity contribution in [1.82, 2.24) is 14.9 Å². The third kappa shape index (κ3) is 6.46. The first-order valence-electron chi connectivity index (χ1n) is 11.7. The minimum Gasteiger partial charge on any atom is -0.468 e. The molecule has 1 atom stereocenters. The zero-order valence-electron chi connectivity index (χ0n) is 20.9.